The molecule has 11 nitrogen and oxygen atoms in total. The molecule has 13 heteroatoms. The summed E-state index contributed by atoms with van der Waals surface area (Å²) >= 11 is 0. The number of hydrogen-bond donors (Lipinski definition) is 2. The highest BCUT2D eigenvalue weighted by Gasteiger charge is 2.54. The molecule has 248 valence electrons. The number of nitrogens with zero attached hydrogens (tertiary/aromatic N) is 4. The maximum atomic E-state index is 14.6. The van der Waals surface area contributed by atoms with Crippen LogP contribution in [-0.4, -0.2) is 49.8 Å². The normalized spacial score (nSPS) is 17.1. The molecule has 1 heterocycles. The summed E-state index contributed by atoms with van der Waals surface area (Å²) in [4.78, 5) is 22.3. The molecule has 4 aromatic rings. The quantitative estimate of drug-likeness (QED) is 0.0699. The number of benzene rings is 4. The summed E-state index contributed by atoms with van der Waals surface area (Å²) in [7, 11) is -3.89. The molecule has 0 unspecified atom stereocenters. The third kappa shape index (κ3) is 7.83. The van der Waals surface area contributed by atoms with Gasteiger partial charge in [0.15, 0.2) is 21.5 Å². The number of nitrogens with one attached hydrogen (secondary N) is 1. The van der Waals surface area contributed by atoms with Crippen LogP contribution in [0.25, 0.3) is 10.4 Å². The molecule has 0 spiro atoms. The number of amides is 1. The van der Waals surface area contributed by atoms with Crippen LogP contribution in [0.15, 0.2) is 118 Å². The van der Waals surface area contributed by atoms with E-state index in [1.165, 1.54) is 24.3 Å². The molecule has 0 fully saturated rings. The van der Waals surface area contributed by atoms with Gasteiger partial charge in [0.2, 0.25) is 5.90 Å². The van der Waals surface area contributed by atoms with E-state index in [9.17, 15) is 17.6 Å². The van der Waals surface area contributed by atoms with E-state index in [4.69, 9.17) is 25.1 Å². The summed E-state index contributed by atoms with van der Waals surface area (Å²) in [5.74, 6) is -1.01. The Morgan fingerprint density at radius 1 is 1.00 bits per heavy atom. The lowest BCUT2D eigenvalue weighted by Crippen LogP contribution is -2.49. The molecular formula is C35H34FN5O6S. The van der Waals surface area contributed by atoms with Crippen LogP contribution in [0.3, 0.4) is 0 Å². The van der Waals surface area contributed by atoms with Crippen molar-refractivity contribution in [1.82, 2.24) is 5.32 Å². The third-order valence-electron chi connectivity index (χ3n) is 7.92. The average molecular weight is 672 g/mol. The van der Waals surface area contributed by atoms with E-state index < -0.39 is 39.0 Å². The van der Waals surface area contributed by atoms with Crippen LogP contribution in [0, 0.1) is 5.82 Å². The van der Waals surface area contributed by atoms with Crippen molar-refractivity contribution >= 4 is 21.6 Å². The molecule has 0 saturated carbocycles. The number of aliphatic hydroxyl groups excluding tert-OH is 1. The largest absolute Gasteiger partial charge is 0.494 e. The number of aliphatic hydroxyl groups is 1. The van der Waals surface area contributed by atoms with Crippen molar-refractivity contribution in [3.63, 3.8) is 0 Å². The average Bonchev–Trinajstić information content (AvgIpc) is 3.51. The first kappa shape index (κ1) is 34.1. The fourth-order valence-corrected chi connectivity index (χ4v) is 6.78. The van der Waals surface area contributed by atoms with E-state index in [0.29, 0.717) is 35.5 Å². The molecule has 1 aliphatic heterocycles. The Kier molecular flexibility index (Phi) is 11.1. The molecule has 0 radical (unpaired) electrons. The Morgan fingerprint density at radius 3 is 2.40 bits per heavy atom. The molecule has 1 aliphatic rings. The number of carbonyl (C=O) groups is 1. The molecule has 5 rings (SSSR count). The van der Waals surface area contributed by atoms with Crippen molar-refractivity contribution in [2.24, 2.45) is 10.1 Å². The van der Waals surface area contributed by atoms with Crippen LogP contribution >= 0.6 is 0 Å². The second-order valence-electron chi connectivity index (χ2n) is 11.0. The first-order valence-corrected chi connectivity index (χ1v) is 16.9. The van der Waals surface area contributed by atoms with Crippen LogP contribution in [0.5, 0.6) is 5.75 Å². The van der Waals surface area contributed by atoms with Crippen LogP contribution in [-0.2, 0) is 32.5 Å². The maximum Gasteiger partial charge on any atom is 0.252 e. The van der Waals surface area contributed by atoms with E-state index in [1.54, 1.807) is 78.9 Å². The lowest BCUT2D eigenvalue weighted by Gasteiger charge is -2.31. The molecule has 0 bridgehead atoms. The third-order valence-corrected chi connectivity index (χ3v) is 9.66. The molecule has 0 saturated heterocycles. The number of aliphatic imine (C=N–C) groups is 1. The van der Waals surface area contributed by atoms with Gasteiger partial charge in [0.25, 0.3) is 5.91 Å². The molecule has 1 amide bonds. The standard InChI is InChI=1S/C35H34FN5O6S/c36-31-14-7-5-10-27(31)23-38-34(43)35(19-22-48(44,45)29-11-2-1-3-12-29)32(30-13-6-4-9-26(30)24-39-41-37)47-33(40-35)25-15-17-28(18-16-25)46-21-8-20-42/h1-7,9-18,32,42H,8,19-24H2,(H,38,43)/t32-,35-/m1/s1. The van der Waals surface area contributed by atoms with Gasteiger partial charge >= 0.3 is 0 Å². The lowest BCUT2D eigenvalue weighted by atomic mass is 9.83. The monoisotopic (exact) mass is 671 g/mol. The lowest BCUT2D eigenvalue weighted by molar-refractivity contribution is -0.129. The van der Waals surface area contributed by atoms with E-state index in [1.807, 2.05) is 0 Å². The molecule has 2 atom stereocenters. The first-order chi connectivity index (χ1) is 23.3. The van der Waals surface area contributed by atoms with Gasteiger partial charge in [-0.25, -0.2) is 17.8 Å². The van der Waals surface area contributed by atoms with Crippen LogP contribution in [0.1, 0.15) is 41.2 Å². The zero-order valence-electron chi connectivity index (χ0n) is 25.9. The Balaban J connectivity index is 1.60. The highest BCUT2D eigenvalue weighted by Crippen LogP contribution is 2.44. The van der Waals surface area contributed by atoms with E-state index in [0.717, 1.165) is 0 Å². The fourth-order valence-electron chi connectivity index (χ4n) is 5.40. The number of ether oxygens (including phenoxy) is 2. The molecule has 0 aliphatic carbocycles. The van der Waals surface area contributed by atoms with Gasteiger partial charge < -0.3 is 19.9 Å². The molecule has 48 heavy (non-hydrogen) atoms. The molecular weight excluding hydrogens is 637 g/mol. The van der Waals surface area contributed by atoms with E-state index in [-0.39, 0.29) is 42.5 Å². The van der Waals surface area contributed by atoms with Crippen molar-refractivity contribution < 1.29 is 32.2 Å². The minimum Gasteiger partial charge on any atom is -0.494 e. The van der Waals surface area contributed by atoms with Crippen molar-refractivity contribution in [2.75, 3.05) is 19.0 Å². The van der Waals surface area contributed by atoms with Gasteiger partial charge in [0.05, 0.1) is 23.8 Å². The Hall–Kier alpha value is -5.23. The minimum absolute atomic E-state index is 0.00762. The van der Waals surface area contributed by atoms with Gasteiger partial charge in [-0.05, 0) is 59.1 Å². The highest BCUT2D eigenvalue weighted by atomic mass is 32.2. The number of sulfone groups is 1. The zero-order valence-corrected chi connectivity index (χ0v) is 26.7. The number of halogens is 1. The summed E-state index contributed by atoms with van der Waals surface area (Å²) in [5.41, 5.74) is 8.98. The summed E-state index contributed by atoms with van der Waals surface area (Å²) in [6, 6.07) is 27.6. The van der Waals surface area contributed by atoms with Crippen molar-refractivity contribution in [2.45, 2.75) is 42.5 Å². The number of azide groups is 1. The van der Waals surface area contributed by atoms with Gasteiger partial charge in [-0.2, -0.15) is 0 Å². The van der Waals surface area contributed by atoms with E-state index >= 15 is 0 Å². The first-order valence-electron chi connectivity index (χ1n) is 15.3. The maximum absolute atomic E-state index is 14.6. The van der Waals surface area contributed by atoms with Crippen LogP contribution < -0.4 is 10.1 Å². The SMILES string of the molecule is [N-]=[N+]=NCc1ccccc1[C@H]1OC(c2ccc(OCCCO)cc2)=N[C@@]1(CCS(=O)(=O)c1ccccc1)C(=O)NCc1ccccc1F. The van der Waals surface area contributed by atoms with Gasteiger partial charge in [0, 0.05) is 42.0 Å². The topological polar surface area (TPSA) is 163 Å². The smallest absolute Gasteiger partial charge is 0.252 e. The second-order valence-corrected chi connectivity index (χ2v) is 13.1. The van der Waals surface area contributed by atoms with Crippen molar-refractivity contribution in [3.05, 3.63) is 142 Å². The van der Waals surface area contributed by atoms with Gasteiger partial charge in [-0.1, -0.05) is 65.8 Å². The number of hydrogen-bond acceptors (Lipinski definition) is 8. The van der Waals surface area contributed by atoms with Gasteiger partial charge in [-0.15, -0.1) is 0 Å². The summed E-state index contributed by atoms with van der Waals surface area (Å²) in [5, 5.41) is 15.6. The molecule has 0 aromatic heterocycles. The summed E-state index contributed by atoms with van der Waals surface area (Å²) in [6.07, 6.45) is -0.977. The second kappa shape index (κ2) is 15.6. The van der Waals surface area contributed by atoms with Crippen molar-refractivity contribution in [1.29, 1.82) is 0 Å². The minimum atomic E-state index is -3.89. The summed E-state index contributed by atoms with van der Waals surface area (Å²) < 4.78 is 53.9. The highest BCUT2D eigenvalue weighted by molar-refractivity contribution is 7.91. The molecule has 2 N–H and O–H groups in total. The number of carbonyl (C=O) groups excluding carboxylic acids is 1. The van der Waals surface area contributed by atoms with Crippen molar-refractivity contribution in [3.8, 4) is 5.75 Å². The predicted octanol–water partition coefficient (Wildman–Crippen LogP) is 5.83. The Morgan fingerprint density at radius 2 is 1.69 bits per heavy atom. The predicted molar refractivity (Wildman–Crippen MR) is 177 cm³/mol. The fraction of sp³-hybridized carbons (Fsp3) is 0.257. The Bertz CT molecular complexity index is 1920. The van der Waals surface area contributed by atoms with Gasteiger partial charge in [-0.3, -0.25) is 4.79 Å². The molecule has 4 aromatic carbocycles. The van der Waals surface area contributed by atoms with Gasteiger partial charge in [0.1, 0.15) is 11.6 Å². The van der Waals surface area contributed by atoms with Crippen LogP contribution in [0.2, 0.25) is 0 Å². The Labute approximate surface area is 277 Å². The number of rotatable bonds is 15. The van der Waals surface area contributed by atoms with E-state index in [2.05, 4.69) is 15.3 Å². The van der Waals surface area contributed by atoms with Crippen LogP contribution in [0.4, 0.5) is 4.39 Å². The zero-order chi connectivity index (χ0) is 34.0. The summed E-state index contributed by atoms with van der Waals surface area (Å²) in [6.45, 7) is 0.0678.